The predicted octanol–water partition coefficient (Wildman–Crippen LogP) is 7.09. The summed E-state index contributed by atoms with van der Waals surface area (Å²) in [5.74, 6) is 0.0991. The van der Waals surface area contributed by atoms with Crippen molar-refractivity contribution in [2.45, 2.75) is 6.92 Å². The monoisotopic (exact) mass is 590 g/mol. The van der Waals surface area contributed by atoms with E-state index in [4.69, 9.17) is 44.3 Å². The summed E-state index contributed by atoms with van der Waals surface area (Å²) in [4.78, 5) is 38.8. The van der Waals surface area contributed by atoms with E-state index in [0.717, 1.165) is 22.2 Å². The van der Waals surface area contributed by atoms with Gasteiger partial charge in [0.2, 0.25) is 0 Å². The lowest BCUT2D eigenvalue weighted by Crippen LogP contribution is -2.32. The Bertz CT molecular complexity index is 1410. The zero-order valence-electron chi connectivity index (χ0n) is 20.0. The second-order valence-corrected chi connectivity index (χ2v) is 10.4. The highest BCUT2D eigenvalue weighted by atomic mass is 35.5. The van der Waals surface area contributed by atoms with Crippen LogP contribution in [0.15, 0.2) is 65.6 Å². The molecule has 3 amide bonds. The standard InChI is InChI=1S/C27H21Cl3N2O5S/c1-16-2-6-19(14-21(16)29)31-25(33)15-37-23-9-3-17(12-22(23)30)13-24-26(34)32(27(35)38-24)10-11-36-20-7-4-18(28)5-8-20/h2-9,12-14H,10-11,15H2,1H3,(H,31,33)/b24-13-. The van der Waals surface area contributed by atoms with Crippen molar-refractivity contribution < 1.29 is 23.9 Å². The van der Waals surface area contributed by atoms with Gasteiger partial charge in [-0.2, -0.15) is 0 Å². The Morgan fingerprint density at radius 2 is 1.74 bits per heavy atom. The molecule has 3 aromatic rings. The lowest BCUT2D eigenvalue weighted by atomic mass is 10.2. The van der Waals surface area contributed by atoms with Gasteiger partial charge < -0.3 is 14.8 Å². The molecule has 7 nitrogen and oxygen atoms in total. The van der Waals surface area contributed by atoms with Gasteiger partial charge in [-0.15, -0.1) is 0 Å². The molecule has 1 aliphatic rings. The van der Waals surface area contributed by atoms with Gasteiger partial charge >= 0.3 is 0 Å². The molecule has 0 spiro atoms. The number of anilines is 1. The van der Waals surface area contributed by atoms with Crippen LogP contribution < -0.4 is 14.8 Å². The Morgan fingerprint density at radius 1 is 0.974 bits per heavy atom. The average Bonchev–Trinajstić information content (AvgIpc) is 3.14. The van der Waals surface area contributed by atoms with Gasteiger partial charge in [0.05, 0.1) is 16.5 Å². The maximum Gasteiger partial charge on any atom is 0.293 e. The van der Waals surface area contributed by atoms with Gasteiger partial charge in [-0.05, 0) is 84.4 Å². The van der Waals surface area contributed by atoms with Crippen LogP contribution in [0, 0.1) is 6.92 Å². The first kappa shape index (κ1) is 27.9. The van der Waals surface area contributed by atoms with Gasteiger partial charge in [0, 0.05) is 15.7 Å². The van der Waals surface area contributed by atoms with Crippen LogP contribution in [0.3, 0.4) is 0 Å². The molecule has 0 aromatic heterocycles. The van der Waals surface area contributed by atoms with E-state index < -0.39 is 5.91 Å². The highest BCUT2D eigenvalue weighted by Crippen LogP contribution is 2.34. The number of hydrogen-bond donors (Lipinski definition) is 1. The number of hydrogen-bond acceptors (Lipinski definition) is 6. The van der Waals surface area contributed by atoms with Crippen LogP contribution in [0.25, 0.3) is 6.08 Å². The van der Waals surface area contributed by atoms with Crippen molar-refractivity contribution in [3.8, 4) is 11.5 Å². The van der Waals surface area contributed by atoms with Crippen LogP contribution in [0.5, 0.6) is 11.5 Å². The van der Waals surface area contributed by atoms with E-state index in [1.807, 2.05) is 6.92 Å². The molecule has 0 aliphatic carbocycles. The minimum atomic E-state index is -0.413. The molecule has 1 N–H and O–H groups in total. The van der Waals surface area contributed by atoms with Crippen molar-refractivity contribution in [3.63, 3.8) is 0 Å². The summed E-state index contributed by atoms with van der Waals surface area (Å²) in [5, 5.41) is 3.71. The lowest BCUT2D eigenvalue weighted by molar-refractivity contribution is -0.123. The number of nitrogens with one attached hydrogen (secondary N) is 1. The SMILES string of the molecule is Cc1ccc(NC(=O)COc2ccc(/C=C3\SC(=O)N(CCOc4ccc(Cl)cc4)C3=O)cc2Cl)cc1Cl. The summed E-state index contributed by atoms with van der Waals surface area (Å²) in [7, 11) is 0. The van der Waals surface area contributed by atoms with Gasteiger partial charge in [-0.1, -0.05) is 46.9 Å². The topological polar surface area (TPSA) is 84.9 Å². The molecule has 1 aliphatic heterocycles. The number of amides is 3. The molecule has 0 saturated carbocycles. The van der Waals surface area contributed by atoms with Crippen LogP contribution >= 0.6 is 46.6 Å². The largest absolute Gasteiger partial charge is 0.492 e. The molecule has 3 aromatic carbocycles. The van der Waals surface area contributed by atoms with Gasteiger partial charge in [0.15, 0.2) is 6.61 Å². The van der Waals surface area contributed by atoms with Gasteiger partial charge in [-0.25, -0.2) is 0 Å². The molecule has 0 bridgehead atoms. The van der Waals surface area contributed by atoms with Gasteiger partial charge in [0.25, 0.3) is 17.1 Å². The Hall–Kier alpha value is -3.17. The number of benzene rings is 3. The minimum absolute atomic E-state index is 0.106. The van der Waals surface area contributed by atoms with Gasteiger partial charge in [-0.3, -0.25) is 19.3 Å². The van der Waals surface area contributed by atoms with Crippen molar-refractivity contribution in [1.82, 2.24) is 4.90 Å². The zero-order chi connectivity index (χ0) is 27.2. The third-order valence-electron chi connectivity index (χ3n) is 5.34. The van der Waals surface area contributed by atoms with E-state index in [0.29, 0.717) is 32.8 Å². The van der Waals surface area contributed by atoms with Gasteiger partial charge in [0.1, 0.15) is 18.1 Å². The third kappa shape index (κ3) is 7.23. The lowest BCUT2D eigenvalue weighted by Gasteiger charge is -2.13. The van der Waals surface area contributed by atoms with Crippen LogP contribution in [0.2, 0.25) is 15.1 Å². The fourth-order valence-corrected chi connectivity index (χ4v) is 4.78. The van der Waals surface area contributed by atoms with Crippen molar-refractivity contribution in [3.05, 3.63) is 91.8 Å². The first-order chi connectivity index (χ1) is 18.2. The fourth-order valence-electron chi connectivity index (χ4n) is 3.36. The first-order valence-corrected chi connectivity index (χ1v) is 13.3. The van der Waals surface area contributed by atoms with Crippen LogP contribution in [0.1, 0.15) is 11.1 Å². The number of imide groups is 1. The molecular weight excluding hydrogens is 571 g/mol. The highest BCUT2D eigenvalue weighted by Gasteiger charge is 2.34. The third-order valence-corrected chi connectivity index (χ3v) is 7.20. The molecule has 196 valence electrons. The van der Waals surface area contributed by atoms with Crippen LogP contribution in [-0.2, 0) is 9.59 Å². The summed E-state index contributed by atoms with van der Waals surface area (Å²) in [6.07, 6.45) is 1.58. The molecule has 11 heteroatoms. The fraction of sp³-hybridized carbons (Fsp3) is 0.148. The number of halogens is 3. The minimum Gasteiger partial charge on any atom is -0.492 e. The van der Waals surface area contributed by atoms with E-state index in [9.17, 15) is 14.4 Å². The molecular formula is C27H21Cl3N2O5S. The summed E-state index contributed by atoms with van der Waals surface area (Å²) >= 11 is 19.1. The van der Waals surface area contributed by atoms with Crippen molar-refractivity contribution >= 4 is 75.4 Å². The molecule has 1 heterocycles. The number of nitrogens with zero attached hydrogens (tertiary/aromatic N) is 1. The average molecular weight is 592 g/mol. The maximum absolute atomic E-state index is 12.8. The quantitative estimate of drug-likeness (QED) is 0.268. The predicted molar refractivity (Wildman–Crippen MR) is 151 cm³/mol. The van der Waals surface area contributed by atoms with Crippen LogP contribution in [-0.4, -0.2) is 41.7 Å². The zero-order valence-corrected chi connectivity index (χ0v) is 23.1. The smallest absolute Gasteiger partial charge is 0.293 e. The second kappa shape index (κ2) is 12.6. The number of ether oxygens (including phenoxy) is 2. The number of aryl methyl sites for hydroxylation is 1. The Kier molecular flexibility index (Phi) is 9.22. The van der Waals surface area contributed by atoms with E-state index in [1.54, 1.807) is 66.7 Å². The Labute approximate surface area is 238 Å². The van der Waals surface area contributed by atoms with Crippen molar-refractivity contribution in [2.75, 3.05) is 25.1 Å². The molecule has 4 rings (SSSR count). The molecule has 0 radical (unpaired) electrons. The molecule has 1 fully saturated rings. The molecule has 0 atom stereocenters. The number of rotatable bonds is 9. The van der Waals surface area contributed by atoms with E-state index in [-0.39, 0.29) is 40.8 Å². The number of thioether (sulfide) groups is 1. The summed E-state index contributed by atoms with van der Waals surface area (Å²) < 4.78 is 11.1. The first-order valence-electron chi connectivity index (χ1n) is 11.3. The van der Waals surface area contributed by atoms with Crippen molar-refractivity contribution in [2.24, 2.45) is 0 Å². The maximum atomic E-state index is 12.8. The van der Waals surface area contributed by atoms with E-state index >= 15 is 0 Å². The number of carbonyl (C=O) groups is 3. The second-order valence-electron chi connectivity index (χ2n) is 8.13. The molecule has 0 unspecified atom stereocenters. The molecule has 1 saturated heterocycles. The Morgan fingerprint density at radius 3 is 2.45 bits per heavy atom. The highest BCUT2D eigenvalue weighted by molar-refractivity contribution is 8.18. The van der Waals surface area contributed by atoms with E-state index in [2.05, 4.69) is 5.32 Å². The normalized spacial score (nSPS) is 14.2. The van der Waals surface area contributed by atoms with E-state index in [1.165, 1.54) is 0 Å². The number of carbonyl (C=O) groups excluding carboxylic acids is 3. The van der Waals surface area contributed by atoms with Crippen molar-refractivity contribution in [1.29, 1.82) is 0 Å². The molecule has 38 heavy (non-hydrogen) atoms. The summed E-state index contributed by atoms with van der Waals surface area (Å²) in [6, 6.07) is 16.9. The summed E-state index contributed by atoms with van der Waals surface area (Å²) in [6.45, 7) is 1.86. The Balaban J connectivity index is 1.31. The summed E-state index contributed by atoms with van der Waals surface area (Å²) in [5.41, 5.74) is 2.06. The van der Waals surface area contributed by atoms with Crippen LogP contribution in [0.4, 0.5) is 10.5 Å².